The molecule has 0 aliphatic rings. The van der Waals surface area contributed by atoms with E-state index in [2.05, 4.69) is 21.2 Å². The van der Waals surface area contributed by atoms with Crippen LogP contribution in [0.25, 0.3) is 0 Å². The Bertz CT molecular complexity index is 664. The molecule has 0 heterocycles. The molecule has 0 fully saturated rings. The molecule has 21 heavy (non-hydrogen) atoms. The molecule has 1 unspecified atom stereocenters. The lowest BCUT2D eigenvalue weighted by Crippen LogP contribution is -2.19. The average molecular weight is 353 g/mol. The van der Waals surface area contributed by atoms with Crippen molar-refractivity contribution in [3.63, 3.8) is 0 Å². The van der Waals surface area contributed by atoms with E-state index in [1.807, 2.05) is 6.92 Å². The fraction of sp³-hybridized carbons (Fsp3) is 0.200. The predicted molar refractivity (Wildman–Crippen MR) is 82.5 cm³/mol. The van der Waals surface area contributed by atoms with Gasteiger partial charge in [0.15, 0.2) is 0 Å². The van der Waals surface area contributed by atoms with E-state index in [1.165, 1.54) is 12.1 Å². The van der Waals surface area contributed by atoms with Gasteiger partial charge >= 0.3 is 0 Å². The smallest absolute Gasteiger partial charge is 0.275 e. The number of nitrogens with one attached hydrogen (secondary N) is 1. The first-order valence-corrected chi connectivity index (χ1v) is 7.19. The first-order valence-electron chi connectivity index (χ1n) is 6.39. The molecule has 0 aliphatic heterocycles. The first kappa shape index (κ1) is 15.6. The van der Waals surface area contributed by atoms with Crippen LogP contribution in [0.2, 0.25) is 0 Å². The summed E-state index contributed by atoms with van der Waals surface area (Å²) in [7, 11) is 0. The summed E-state index contributed by atoms with van der Waals surface area (Å²) in [6.07, 6.45) is 0. The Morgan fingerprint density at radius 2 is 2.05 bits per heavy atom. The predicted octanol–water partition coefficient (Wildman–Crippen LogP) is 4.35. The molecule has 2 aromatic carbocycles. The largest absolute Gasteiger partial charge is 0.306 e. The summed E-state index contributed by atoms with van der Waals surface area (Å²) < 4.78 is 14.3. The number of hydrogen-bond donors (Lipinski definition) is 1. The van der Waals surface area contributed by atoms with Crippen molar-refractivity contribution in [3.05, 3.63) is 74.0 Å². The third-order valence-corrected chi connectivity index (χ3v) is 3.71. The zero-order valence-corrected chi connectivity index (χ0v) is 12.9. The van der Waals surface area contributed by atoms with E-state index in [0.29, 0.717) is 22.1 Å². The molecule has 0 bridgehead atoms. The van der Waals surface area contributed by atoms with Gasteiger partial charge in [0.2, 0.25) is 0 Å². The third kappa shape index (κ3) is 3.86. The summed E-state index contributed by atoms with van der Waals surface area (Å²) in [5.74, 6) is -0.289. The minimum Gasteiger partial charge on any atom is -0.306 e. The van der Waals surface area contributed by atoms with Crippen LogP contribution in [0.3, 0.4) is 0 Å². The lowest BCUT2D eigenvalue weighted by atomic mass is 10.1. The van der Waals surface area contributed by atoms with Gasteiger partial charge in [0.25, 0.3) is 5.69 Å². The lowest BCUT2D eigenvalue weighted by Gasteiger charge is -2.15. The summed E-state index contributed by atoms with van der Waals surface area (Å²) in [4.78, 5) is 10.6. The van der Waals surface area contributed by atoms with Crippen molar-refractivity contribution in [1.29, 1.82) is 0 Å². The minimum atomic E-state index is -0.421. The Morgan fingerprint density at radius 1 is 1.33 bits per heavy atom. The summed E-state index contributed by atoms with van der Waals surface area (Å²) in [5, 5.41) is 14.2. The molecule has 1 atom stereocenters. The quantitative estimate of drug-likeness (QED) is 0.642. The van der Waals surface area contributed by atoms with E-state index in [0.717, 1.165) is 0 Å². The fourth-order valence-electron chi connectivity index (χ4n) is 2.06. The van der Waals surface area contributed by atoms with Gasteiger partial charge in [0.1, 0.15) is 5.82 Å². The number of nitrogens with zero attached hydrogens (tertiary/aromatic N) is 1. The first-order chi connectivity index (χ1) is 9.99. The van der Waals surface area contributed by atoms with Crippen molar-refractivity contribution in [3.8, 4) is 0 Å². The normalized spacial score (nSPS) is 12.1. The Labute approximate surface area is 130 Å². The standard InChI is InChI=1S/C15H14BrFN2O2/c1-10(13-4-2-3-5-14(13)17)18-9-11-6-7-12(16)8-15(11)19(20)21/h2-8,10,18H,9H2,1H3. The van der Waals surface area contributed by atoms with Gasteiger partial charge in [-0.3, -0.25) is 10.1 Å². The maximum atomic E-state index is 13.7. The van der Waals surface area contributed by atoms with Crippen LogP contribution >= 0.6 is 15.9 Å². The van der Waals surface area contributed by atoms with Gasteiger partial charge < -0.3 is 5.32 Å². The number of rotatable bonds is 5. The highest BCUT2D eigenvalue weighted by molar-refractivity contribution is 9.10. The molecule has 0 radical (unpaired) electrons. The SMILES string of the molecule is CC(NCc1ccc(Br)cc1[N+](=O)[O-])c1ccccc1F. The van der Waals surface area contributed by atoms with Crippen LogP contribution in [0.5, 0.6) is 0 Å². The Hall–Kier alpha value is -1.79. The molecule has 0 amide bonds. The highest BCUT2D eigenvalue weighted by Gasteiger charge is 2.16. The molecular weight excluding hydrogens is 339 g/mol. The molecule has 110 valence electrons. The van der Waals surface area contributed by atoms with E-state index >= 15 is 0 Å². The molecule has 6 heteroatoms. The monoisotopic (exact) mass is 352 g/mol. The van der Waals surface area contributed by atoms with E-state index < -0.39 is 4.92 Å². The average Bonchev–Trinajstić information content (AvgIpc) is 2.46. The fourth-order valence-corrected chi connectivity index (χ4v) is 2.40. The third-order valence-electron chi connectivity index (χ3n) is 3.21. The second-order valence-electron chi connectivity index (χ2n) is 4.65. The van der Waals surface area contributed by atoms with Crippen LogP contribution < -0.4 is 5.32 Å². The highest BCUT2D eigenvalue weighted by atomic mass is 79.9. The molecule has 4 nitrogen and oxygen atoms in total. The molecule has 0 saturated carbocycles. The molecule has 0 aromatic heterocycles. The molecule has 0 saturated heterocycles. The van der Waals surface area contributed by atoms with Gasteiger partial charge in [0.05, 0.1) is 4.92 Å². The van der Waals surface area contributed by atoms with Gasteiger partial charge in [-0.2, -0.15) is 0 Å². The van der Waals surface area contributed by atoms with Gasteiger partial charge in [-0.25, -0.2) is 4.39 Å². The summed E-state index contributed by atoms with van der Waals surface area (Å²) in [6, 6.07) is 11.1. The lowest BCUT2D eigenvalue weighted by molar-refractivity contribution is -0.385. The Morgan fingerprint density at radius 3 is 2.71 bits per heavy atom. The van der Waals surface area contributed by atoms with Gasteiger partial charge in [-0.15, -0.1) is 0 Å². The van der Waals surface area contributed by atoms with Crippen LogP contribution in [0, 0.1) is 15.9 Å². The molecule has 0 aliphatic carbocycles. The van der Waals surface area contributed by atoms with Crippen molar-refractivity contribution in [2.24, 2.45) is 0 Å². The maximum absolute atomic E-state index is 13.7. The number of hydrogen-bond acceptors (Lipinski definition) is 3. The van der Waals surface area contributed by atoms with Gasteiger partial charge in [-0.05, 0) is 25.1 Å². The Kier molecular flexibility index (Phi) is 5.03. The number of nitro groups is 1. The second-order valence-corrected chi connectivity index (χ2v) is 5.57. The van der Waals surface area contributed by atoms with Crippen molar-refractivity contribution in [1.82, 2.24) is 5.32 Å². The van der Waals surface area contributed by atoms with Gasteiger partial charge in [-0.1, -0.05) is 34.1 Å². The topological polar surface area (TPSA) is 55.2 Å². The van der Waals surface area contributed by atoms with Crippen molar-refractivity contribution < 1.29 is 9.31 Å². The van der Waals surface area contributed by atoms with E-state index in [-0.39, 0.29) is 17.5 Å². The van der Waals surface area contributed by atoms with Gasteiger partial charge in [0, 0.05) is 34.3 Å². The Balaban J connectivity index is 2.13. The summed E-state index contributed by atoms with van der Waals surface area (Å²) >= 11 is 3.22. The van der Waals surface area contributed by atoms with Crippen LogP contribution in [-0.4, -0.2) is 4.92 Å². The van der Waals surface area contributed by atoms with E-state index in [4.69, 9.17) is 0 Å². The van der Waals surface area contributed by atoms with Crippen LogP contribution in [-0.2, 0) is 6.54 Å². The van der Waals surface area contributed by atoms with Crippen LogP contribution in [0.15, 0.2) is 46.9 Å². The molecule has 0 spiro atoms. The number of benzene rings is 2. The minimum absolute atomic E-state index is 0.0395. The number of nitro benzene ring substituents is 1. The highest BCUT2D eigenvalue weighted by Crippen LogP contribution is 2.24. The van der Waals surface area contributed by atoms with E-state index in [9.17, 15) is 14.5 Å². The molecule has 2 rings (SSSR count). The molecule has 1 N–H and O–H groups in total. The van der Waals surface area contributed by atoms with Crippen molar-refractivity contribution in [2.75, 3.05) is 0 Å². The van der Waals surface area contributed by atoms with Crippen LogP contribution in [0.4, 0.5) is 10.1 Å². The summed E-state index contributed by atoms with van der Waals surface area (Å²) in [5.41, 5.74) is 1.14. The maximum Gasteiger partial charge on any atom is 0.275 e. The number of halogens is 2. The second kappa shape index (κ2) is 6.78. The molecule has 2 aromatic rings. The summed E-state index contributed by atoms with van der Waals surface area (Å²) in [6.45, 7) is 2.11. The molecular formula is C15H14BrFN2O2. The van der Waals surface area contributed by atoms with Crippen molar-refractivity contribution >= 4 is 21.6 Å². The zero-order chi connectivity index (χ0) is 15.4. The zero-order valence-electron chi connectivity index (χ0n) is 11.3. The van der Waals surface area contributed by atoms with Crippen molar-refractivity contribution in [2.45, 2.75) is 19.5 Å². The van der Waals surface area contributed by atoms with E-state index in [1.54, 1.807) is 30.3 Å². The van der Waals surface area contributed by atoms with Crippen LogP contribution in [0.1, 0.15) is 24.1 Å².